The van der Waals surface area contributed by atoms with Crippen molar-refractivity contribution in [3.8, 4) is 5.75 Å². The number of hydrogen-bond acceptors (Lipinski definition) is 4. The fourth-order valence-corrected chi connectivity index (χ4v) is 1.76. The Kier molecular flexibility index (Phi) is 6.19. The second-order valence-corrected chi connectivity index (χ2v) is 4.39. The molecule has 0 aromatic heterocycles. The quantitative estimate of drug-likeness (QED) is 0.728. The Morgan fingerprint density at radius 1 is 1.05 bits per heavy atom. The maximum atomic E-state index is 11.9. The molecule has 0 aliphatic rings. The van der Waals surface area contributed by atoms with Crippen LogP contribution in [0.25, 0.3) is 0 Å². The molecule has 1 amide bonds. The van der Waals surface area contributed by atoms with Crippen molar-refractivity contribution in [3.05, 3.63) is 29.8 Å². The highest BCUT2D eigenvalue weighted by Gasteiger charge is 2.19. The van der Waals surface area contributed by atoms with Gasteiger partial charge in [0.1, 0.15) is 18.8 Å². The monoisotopic (exact) mass is 295 g/mol. The van der Waals surface area contributed by atoms with Gasteiger partial charge in [-0.05, 0) is 24.1 Å². The standard InChI is InChI=1S/C14H17NO6/c1-21-11-5-2-10(3-6-11)4-7-12(16)15(8-13(17)18)9-14(19)20/h2-3,5-6H,4,7-9H2,1H3,(H,17,18)(H,19,20). The number of aryl methyl sites for hydroxylation is 1. The van der Waals surface area contributed by atoms with Crippen LogP contribution in [0.15, 0.2) is 24.3 Å². The minimum absolute atomic E-state index is 0.0485. The molecule has 7 nitrogen and oxygen atoms in total. The number of benzene rings is 1. The first-order chi connectivity index (χ1) is 9.92. The van der Waals surface area contributed by atoms with E-state index in [1.165, 1.54) is 0 Å². The Morgan fingerprint density at radius 3 is 2.00 bits per heavy atom. The van der Waals surface area contributed by atoms with Gasteiger partial charge in [-0.15, -0.1) is 0 Å². The number of methoxy groups -OCH3 is 1. The van der Waals surface area contributed by atoms with Crippen molar-refractivity contribution in [1.29, 1.82) is 0 Å². The first kappa shape index (κ1) is 16.5. The molecule has 0 fully saturated rings. The lowest BCUT2D eigenvalue weighted by molar-refractivity contribution is -0.149. The normalized spacial score (nSPS) is 9.95. The number of aliphatic carboxylic acids is 2. The zero-order valence-electron chi connectivity index (χ0n) is 11.6. The summed E-state index contributed by atoms with van der Waals surface area (Å²) in [5.74, 6) is -2.29. The molecule has 114 valence electrons. The lowest BCUT2D eigenvalue weighted by Gasteiger charge is -2.18. The van der Waals surface area contributed by atoms with E-state index in [-0.39, 0.29) is 6.42 Å². The van der Waals surface area contributed by atoms with Crippen LogP contribution < -0.4 is 4.74 Å². The molecule has 0 saturated carbocycles. The van der Waals surface area contributed by atoms with Gasteiger partial charge in [-0.2, -0.15) is 0 Å². The van der Waals surface area contributed by atoms with Gasteiger partial charge in [0.2, 0.25) is 5.91 Å². The van der Waals surface area contributed by atoms with Crippen LogP contribution in [0.4, 0.5) is 0 Å². The number of hydrogen-bond donors (Lipinski definition) is 2. The van der Waals surface area contributed by atoms with Crippen LogP contribution in [-0.4, -0.2) is 53.2 Å². The highest BCUT2D eigenvalue weighted by atomic mass is 16.5. The van der Waals surface area contributed by atoms with E-state index in [1.54, 1.807) is 31.4 Å². The van der Waals surface area contributed by atoms with Crippen molar-refractivity contribution in [2.24, 2.45) is 0 Å². The fraction of sp³-hybridized carbons (Fsp3) is 0.357. The average molecular weight is 295 g/mol. The molecule has 0 bridgehead atoms. The summed E-state index contributed by atoms with van der Waals surface area (Å²) in [6.45, 7) is -1.23. The van der Waals surface area contributed by atoms with Crippen molar-refractivity contribution in [3.63, 3.8) is 0 Å². The lowest BCUT2D eigenvalue weighted by Crippen LogP contribution is -2.39. The number of nitrogens with zero attached hydrogens (tertiary/aromatic N) is 1. The highest BCUT2D eigenvalue weighted by molar-refractivity contribution is 5.85. The molecule has 0 aliphatic heterocycles. The van der Waals surface area contributed by atoms with Gasteiger partial charge >= 0.3 is 11.9 Å². The molecule has 0 unspecified atom stereocenters. The number of carboxylic acid groups (broad SMARTS) is 2. The maximum absolute atomic E-state index is 11.9. The second-order valence-electron chi connectivity index (χ2n) is 4.39. The Hall–Kier alpha value is -2.57. The van der Waals surface area contributed by atoms with Crippen LogP contribution in [0.5, 0.6) is 5.75 Å². The van der Waals surface area contributed by atoms with Gasteiger partial charge in [0, 0.05) is 6.42 Å². The number of carbonyl (C=O) groups is 3. The van der Waals surface area contributed by atoms with E-state index in [4.69, 9.17) is 14.9 Å². The van der Waals surface area contributed by atoms with E-state index in [0.29, 0.717) is 12.2 Å². The van der Waals surface area contributed by atoms with Gasteiger partial charge < -0.3 is 19.8 Å². The summed E-state index contributed by atoms with van der Waals surface area (Å²) in [5.41, 5.74) is 0.884. The van der Waals surface area contributed by atoms with Crippen molar-refractivity contribution in [1.82, 2.24) is 4.90 Å². The van der Waals surface area contributed by atoms with Crippen LogP contribution in [0.1, 0.15) is 12.0 Å². The van der Waals surface area contributed by atoms with Crippen LogP contribution in [0, 0.1) is 0 Å². The summed E-state index contributed by atoms with van der Waals surface area (Å²) >= 11 is 0. The molecule has 0 heterocycles. The van der Waals surface area contributed by atoms with Crippen LogP contribution in [0.2, 0.25) is 0 Å². The van der Waals surface area contributed by atoms with E-state index < -0.39 is 30.9 Å². The van der Waals surface area contributed by atoms with Crippen molar-refractivity contribution in [2.45, 2.75) is 12.8 Å². The molecule has 0 radical (unpaired) electrons. The minimum Gasteiger partial charge on any atom is -0.497 e. The summed E-state index contributed by atoms with van der Waals surface area (Å²) in [5, 5.41) is 17.4. The van der Waals surface area contributed by atoms with Gasteiger partial charge in [0.25, 0.3) is 0 Å². The molecule has 1 aromatic carbocycles. The van der Waals surface area contributed by atoms with Crippen molar-refractivity contribution in [2.75, 3.05) is 20.2 Å². The number of carbonyl (C=O) groups excluding carboxylic acids is 1. The first-order valence-electron chi connectivity index (χ1n) is 6.26. The smallest absolute Gasteiger partial charge is 0.323 e. The van der Waals surface area contributed by atoms with E-state index in [9.17, 15) is 14.4 Å². The third-order valence-corrected chi connectivity index (χ3v) is 2.79. The summed E-state index contributed by atoms with van der Waals surface area (Å²) in [7, 11) is 1.55. The van der Waals surface area contributed by atoms with E-state index in [2.05, 4.69) is 0 Å². The van der Waals surface area contributed by atoms with E-state index in [0.717, 1.165) is 10.5 Å². The maximum Gasteiger partial charge on any atom is 0.323 e. The molecule has 1 aromatic rings. The largest absolute Gasteiger partial charge is 0.497 e. The minimum atomic E-state index is -1.24. The number of ether oxygens (including phenoxy) is 1. The molecule has 0 spiro atoms. The molecule has 21 heavy (non-hydrogen) atoms. The summed E-state index contributed by atoms with van der Waals surface area (Å²) in [6, 6.07) is 7.11. The molecule has 0 aliphatic carbocycles. The van der Waals surface area contributed by atoms with Gasteiger partial charge in [-0.1, -0.05) is 12.1 Å². The SMILES string of the molecule is COc1ccc(CCC(=O)N(CC(=O)O)CC(=O)O)cc1. The Balaban J connectivity index is 2.59. The highest BCUT2D eigenvalue weighted by Crippen LogP contribution is 2.13. The summed E-state index contributed by atoms with van der Waals surface area (Å²) < 4.78 is 5.01. The predicted molar refractivity (Wildman–Crippen MR) is 73.2 cm³/mol. The molecule has 2 N–H and O–H groups in total. The zero-order chi connectivity index (χ0) is 15.8. The van der Waals surface area contributed by atoms with Crippen LogP contribution in [0.3, 0.4) is 0 Å². The molecular formula is C14H17NO6. The van der Waals surface area contributed by atoms with Crippen molar-refractivity contribution >= 4 is 17.8 Å². The molecule has 0 saturated heterocycles. The number of amides is 1. The third-order valence-electron chi connectivity index (χ3n) is 2.79. The Labute approximate surface area is 121 Å². The summed E-state index contributed by atoms with van der Waals surface area (Å²) in [4.78, 5) is 34.0. The molecule has 7 heteroatoms. The topological polar surface area (TPSA) is 104 Å². The summed E-state index contributed by atoms with van der Waals surface area (Å²) in [6.07, 6.45) is 0.450. The van der Waals surface area contributed by atoms with Gasteiger partial charge in [-0.3, -0.25) is 14.4 Å². The molecule has 1 rings (SSSR count). The average Bonchev–Trinajstić information content (AvgIpc) is 2.43. The van der Waals surface area contributed by atoms with E-state index in [1.807, 2.05) is 0 Å². The number of carboxylic acids is 2. The van der Waals surface area contributed by atoms with Gasteiger partial charge in [-0.25, -0.2) is 0 Å². The van der Waals surface area contributed by atoms with Gasteiger partial charge in [0.05, 0.1) is 7.11 Å². The number of rotatable bonds is 8. The van der Waals surface area contributed by atoms with E-state index >= 15 is 0 Å². The Bertz CT molecular complexity index is 495. The van der Waals surface area contributed by atoms with Crippen molar-refractivity contribution < 1.29 is 29.3 Å². The third kappa shape index (κ3) is 5.94. The zero-order valence-corrected chi connectivity index (χ0v) is 11.6. The Morgan fingerprint density at radius 2 is 1.57 bits per heavy atom. The predicted octanol–water partition coefficient (Wildman–Crippen LogP) is 0.626. The first-order valence-corrected chi connectivity index (χ1v) is 6.26. The second kappa shape index (κ2) is 7.88. The van der Waals surface area contributed by atoms with Crippen LogP contribution in [-0.2, 0) is 20.8 Å². The fourth-order valence-electron chi connectivity index (χ4n) is 1.76. The van der Waals surface area contributed by atoms with Gasteiger partial charge in [0.15, 0.2) is 0 Å². The lowest BCUT2D eigenvalue weighted by atomic mass is 10.1. The van der Waals surface area contributed by atoms with Crippen LogP contribution >= 0.6 is 0 Å². The molecule has 0 atom stereocenters. The molecular weight excluding hydrogens is 278 g/mol.